The Morgan fingerprint density at radius 1 is 0.889 bits per heavy atom. The number of nitrogens with zero attached hydrogens (tertiary/aromatic N) is 5. The second kappa shape index (κ2) is 8.68. The Labute approximate surface area is 210 Å². The number of piperidine rings is 2. The van der Waals surface area contributed by atoms with Gasteiger partial charge in [0.2, 0.25) is 5.82 Å². The highest BCUT2D eigenvalue weighted by molar-refractivity contribution is 5.75. The van der Waals surface area contributed by atoms with E-state index in [0.717, 1.165) is 40.4 Å². The van der Waals surface area contributed by atoms with E-state index in [4.69, 9.17) is 0 Å². The first-order chi connectivity index (χ1) is 17.6. The molecule has 1 unspecified atom stereocenters. The third-order valence-electron chi connectivity index (χ3n) is 9.90. The number of fused-ring (bicyclic) bond motifs is 5. The largest absolute Gasteiger partial charge is 0.349 e. The van der Waals surface area contributed by atoms with Crippen LogP contribution in [0, 0.1) is 17.8 Å². The second-order valence-electron chi connectivity index (χ2n) is 12.0. The minimum atomic E-state index is -0.440. The van der Waals surface area contributed by atoms with Crippen molar-refractivity contribution in [3.05, 3.63) is 51.4 Å². The molecule has 4 aliphatic rings. The van der Waals surface area contributed by atoms with Crippen LogP contribution in [0.5, 0.6) is 0 Å². The number of H-pyrrole nitrogens is 1. The molecule has 0 radical (unpaired) electrons. The molecular weight excluding hydrogens is 452 g/mol. The summed E-state index contributed by atoms with van der Waals surface area (Å²) in [5, 5.41) is 4.07. The van der Waals surface area contributed by atoms with E-state index in [1.165, 1.54) is 57.7 Å². The second-order valence-corrected chi connectivity index (χ2v) is 12.0. The molecule has 8 heteroatoms. The van der Waals surface area contributed by atoms with Crippen LogP contribution in [0.15, 0.2) is 40.2 Å². The number of aromatic amines is 1. The van der Waals surface area contributed by atoms with E-state index < -0.39 is 5.69 Å². The Bertz CT molecular complexity index is 1380. The summed E-state index contributed by atoms with van der Waals surface area (Å²) < 4.78 is 3.05. The van der Waals surface area contributed by atoms with E-state index in [1.54, 1.807) is 0 Å². The zero-order chi connectivity index (χ0) is 24.4. The molecule has 3 aromatic rings. The molecule has 2 aliphatic carbocycles. The van der Waals surface area contributed by atoms with Crippen LogP contribution in [0.25, 0.3) is 16.9 Å². The summed E-state index contributed by atoms with van der Waals surface area (Å²) in [5.41, 5.74) is 0.915. The number of hydrogen-bond donors (Lipinski definition) is 1. The van der Waals surface area contributed by atoms with Gasteiger partial charge in [-0.2, -0.15) is 9.78 Å². The van der Waals surface area contributed by atoms with E-state index >= 15 is 0 Å². The normalized spacial score (nSPS) is 34.6. The molecule has 8 nitrogen and oxygen atoms in total. The molecule has 2 saturated heterocycles. The summed E-state index contributed by atoms with van der Waals surface area (Å²) in [5.74, 6) is 2.54. The SMILES string of the molecule is C[C@@H]1CC[C@H]2C[C@@H](n3c(=O)c(-n4nc[nH]c4=O)nc4ccccc43)C[C@@H]1N2C1C[C@H]2CCC[C@@H](C1)C2. The maximum absolute atomic E-state index is 13.9. The first kappa shape index (κ1) is 22.5. The Morgan fingerprint density at radius 3 is 2.47 bits per heavy atom. The molecule has 0 amide bonds. The molecule has 2 aromatic heterocycles. The van der Waals surface area contributed by atoms with Gasteiger partial charge in [-0.05, 0) is 74.8 Å². The van der Waals surface area contributed by atoms with Gasteiger partial charge in [-0.3, -0.25) is 14.7 Å². The Morgan fingerprint density at radius 2 is 1.69 bits per heavy atom. The zero-order valence-corrected chi connectivity index (χ0v) is 21.1. The third-order valence-corrected chi connectivity index (χ3v) is 9.90. The summed E-state index contributed by atoms with van der Waals surface area (Å²) in [4.78, 5) is 36.3. The molecule has 0 spiro atoms. The van der Waals surface area contributed by atoms with Gasteiger partial charge in [0.15, 0.2) is 0 Å². The number of nitrogens with one attached hydrogen (secondary N) is 1. The van der Waals surface area contributed by atoms with Gasteiger partial charge in [0.25, 0.3) is 5.56 Å². The molecule has 4 fully saturated rings. The highest BCUT2D eigenvalue weighted by Gasteiger charge is 2.47. The number of para-hydroxylation sites is 2. The molecule has 1 N–H and O–H groups in total. The van der Waals surface area contributed by atoms with Crippen LogP contribution in [-0.4, -0.2) is 47.3 Å². The van der Waals surface area contributed by atoms with E-state index in [9.17, 15) is 9.59 Å². The minimum absolute atomic E-state index is 0.0840. The number of rotatable bonds is 3. The van der Waals surface area contributed by atoms with Crippen molar-refractivity contribution in [1.29, 1.82) is 0 Å². The van der Waals surface area contributed by atoms with Crippen molar-refractivity contribution >= 4 is 11.0 Å². The van der Waals surface area contributed by atoms with E-state index in [1.807, 2.05) is 28.8 Å². The fourth-order valence-corrected chi connectivity index (χ4v) is 8.41. The minimum Gasteiger partial charge on any atom is -0.300 e. The predicted molar refractivity (Wildman–Crippen MR) is 138 cm³/mol. The molecule has 2 aliphatic heterocycles. The molecule has 1 aromatic carbocycles. The summed E-state index contributed by atoms with van der Waals surface area (Å²) in [6.45, 7) is 2.42. The molecule has 7 atom stereocenters. The van der Waals surface area contributed by atoms with Crippen molar-refractivity contribution in [2.45, 2.75) is 95.3 Å². The van der Waals surface area contributed by atoms with Gasteiger partial charge in [0.1, 0.15) is 6.33 Å². The molecule has 190 valence electrons. The van der Waals surface area contributed by atoms with Crippen LogP contribution in [0.3, 0.4) is 0 Å². The fraction of sp³-hybridized carbons (Fsp3) is 0.643. The van der Waals surface area contributed by atoms with Crippen LogP contribution >= 0.6 is 0 Å². The highest BCUT2D eigenvalue weighted by Crippen LogP contribution is 2.48. The molecular formula is C28H36N6O2. The summed E-state index contributed by atoms with van der Waals surface area (Å²) in [7, 11) is 0. The van der Waals surface area contributed by atoms with Crippen LogP contribution in [0.1, 0.15) is 77.2 Å². The van der Waals surface area contributed by atoms with Crippen LogP contribution in [0.2, 0.25) is 0 Å². The van der Waals surface area contributed by atoms with Crippen LogP contribution in [-0.2, 0) is 0 Å². The van der Waals surface area contributed by atoms with Gasteiger partial charge >= 0.3 is 5.69 Å². The zero-order valence-electron chi connectivity index (χ0n) is 21.1. The summed E-state index contributed by atoms with van der Waals surface area (Å²) >= 11 is 0. The van der Waals surface area contributed by atoms with Gasteiger partial charge in [-0.25, -0.2) is 9.78 Å². The van der Waals surface area contributed by atoms with Gasteiger partial charge in [0, 0.05) is 24.2 Å². The predicted octanol–water partition coefficient (Wildman–Crippen LogP) is 4.04. The fourth-order valence-electron chi connectivity index (χ4n) is 8.41. The van der Waals surface area contributed by atoms with Crippen molar-refractivity contribution < 1.29 is 0 Å². The van der Waals surface area contributed by atoms with Gasteiger partial charge < -0.3 is 4.57 Å². The van der Waals surface area contributed by atoms with Crippen molar-refractivity contribution in [3.8, 4) is 5.82 Å². The average molecular weight is 489 g/mol. The Kier molecular flexibility index (Phi) is 5.42. The van der Waals surface area contributed by atoms with Gasteiger partial charge in [0.05, 0.1) is 11.0 Å². The third kappa shape index (κ3) is 3.59. The lowest BCUT2D eigenvalue weighted by Gasteiger charge is -2.57. The van der Waals surface area contributed by atoms with Crippen molar-refractivity contribution in [3.63, 3.8) is 0 Å². The topological polar surface area (TPSA) is 88.8 Å². The molecule has 2 saturated carbocycles. The first-order valence-corrected chi connectivity index (χ1v) is 14.0. The van der Waals surface area contributed by atoms with Crippen LogP contribution < -0.4 is 11.2 Å². The van der Waals surface area contributed by atoms with E-state index in [-0.39, 0.29) is 17.4 Å². The van der Waals surface area contributed by atoms with E-state index in [2.05, 4.69) is 26.9 Å². The Balaban J connectivity index is 1.29. The Hall–Kier alpha value is -2.74. The number of aromatic nitrogens is 5. The summed E-state index contributed by atoms with van der Waals surface area (Å²) in [6.07, 6.45) is 14.2. The van der Waals surface area contributed by atoms with Crippen molar-refractivity contribution in [2.24, 2.45) is 17.8 Å². The molecule has 4 heterocycles. The maximum Gasteiger partial charge on any atom is 0.349 e. The number of benzene rings is 1. The van der Waals surface area contributed by atoms with Crippen LogP contribution in [0.4, 0.5) is 0 Å². The maximum atomic E-state index is 13.9. The lowest BCUT2D eigenvalue weighted by atomic mass is 9.67. The molecule has 7 rings (SSSR count). The van der Waals surface area contributed by atoms with E-state index in [0.29, 0.717) is 24.0 Å². The quantitative estimate of drug-likeness (QED) is 0.601. The lowest BCUT2D eigenvalue weighted by molar-refractivity contribution is -0.0693. The highest BCUT2D eigenvalue weighted by atomic mass is 16.2. The first-order valence-electron chi connectivity index (χ1n) is 14.0. The average Bonchev–Trinajstić information content (AvgIpc) is 3.30. The molecule has 36 heavy (non-hydrogen) atoms. The smallest absolute Gasteiger partial charge is 0.300 e. The monoisotopic (exact) mass is 488 g/mol. The summed E-state index contributed by atoms with van der Waals surface area (Å²) in [6, 6.07) is 9.64. The van der Waals surface area contributed by atoms with Crippen molar-refractivity contribution in [2.75, 3.05) is 0 Å². The molecule has 4 bridgehead atoms. The van der Waals surface area contributed by atoms with Gasteiger partial charge in [-0.15, -0.1) is 0 Å². The lowest BCUT2D eigenvalue weighted by Crippen LogP contribution is -2.61. The van der Waals surface area contributed by atoms with Crippen molar-refractivity contribution in [1.82, 2.24) is 29.2 Å². The van der Waals surface area contributed by atoms with Gasteiger partial charge in [-0.1, -0.05) is 38.3 Å². The number of hydrogen-bond acceptors (Lipinski definition) is 5. The standard InChI is InChI=1S/C28H36N6O2/c1-17-9-10-20-14-22(15-25(17)32(20)21-12-18-5-4-6-19(11-18)13-21)33-24-8-3-2-7-23(24)31-26(27(33)35)34-28(36)29-16-30-34/h2-3,7-8,16-22,25H,4-6,9-15H2,1H3,(H,29,30,36)/t17-,18-,19+,20+,21?,22-,25+/m1/s1.